The lowest BCUT2D eigenvalue weighted by molar-refractivity contribution is 0.598. The van der Waals surface area contributed by atoms with Crippen LogP contribution < -0.4 is 16.2 Å². The summed E-state index contributed by atoms with van der Waals surface area (Å²) in [6, 6.07) is 8.45. The Morgan fingerprint density at radius 3 is 2.35 bits per heavy atom. The Balaban J connectivity index is 2.49. The maximum Gasteiger partial charge on any atom is 0.240 e. The molecule has 5 N–H and O–H groups in total. The normalized spacial score (nSPS) is 11.3. The minimum atomic E-state index is -3.92. The lowest BCUT2D eigenvalue weighted by Crippen LogP contribution is -2.14. The molecule has 2 aromatic rings. The van der Waals surface area contributed by atoms with E-state index in [2.05, 4.69) is 5.32 Å². The molecular formula is C12H11FIN3O2S. The van der Waals surface area contributed by atoms with Crippen molar-refractivity contribution < 1.29 is 12.8 Å². The zero-order valence-electron chi connectivity index (χ0n) is 10.1. The van der Waals surface area contributed by atoms with Gasteiger partial charge in [-0.3, -0.25) is 0 Å². The van der Waals surface area contributed by atoms with Gasteiger partial charge in [-0.05, 0) is 59.0 Å². The highest BCUT2D eigenvalue weighted by molar-refractivity contribution is 14.1. The van der Waals surface area contributed by atoms with E-state index in [4.69, 9.17) is 10.9 Å². The third kappa shape index (κ3) is 3.38. The number of hydrogen-bond acceptors (Lipinski definition) is 4. The van der Waals surface area contributed by atoms with Crippen LogP contribution in [-0.2, 0) is 10.0 Å². The Hall–Kier alpha value is -1.39. The number of nitrogens with one attached hydrogen (secondary N) is 1. The van der Waals surface area contributed by atoms with Gasteiger partial charge in [0, 0.05) is 9.26 Å². The third-order valence-electron chi connectivity index (χ3n) is 2.51. The van der Waals surface area contributed by atoms with Gasteiger partial charge in [0.1, 0.15) is 10.7 Å². The number of primary sulfonamides is 1. The van der Waals surface area contributed by atoms with E-state index in [0.29, 0.717) is 9.26 Å². The van der Waals surface area contributed by atoms with Gasteiger partial charge in [0.25, 0.3) is 0 Å². The maximum atomic E-state index is 13.0. The van der Waals surface area contributed by atoms with Gasteiger partial charge in [-0.1, -0.05) is 0 Å². The summed E-state index contributed by atoms with van der Waals surface area (Å²) >= 11 is 1.94. The smallest absolute Gasteiger partial charge is 0.240 e. The van der Waals surface area contributed by atoms with Crippen LogP contribution in [0.4, 0.5) is 21.5 Å². The summed E-state index contributed by atoms with van der Waals surface area (Å²) in [7, 11) is -3.92. The van der Waals surface area contributed by atoms with Crippen molar-refractivity contribution in [2.45, 2.75) is 4.90 Å². The maximum absolute atomic E-state index is 13.0. The van der Waals surface area contributed by atoms with Crippen LogP contribution in [0.1, 0.15) is 0 Å². The van der Waals surface area contributed by atoms with Crippen LogP contribution in [0.5, 0.6) is 0 Å². The number of sulfonamides is 1. The molecule has 5 nitrogen and oxygen atoms in total. The van der Waals surface area contributed by atoms with E-state index in [1.165, 1.54) is 30.3 Å². The third-order valence-corrected chi connectivity index (χ3v) is 4.36. The lowest BCUT2D eigenvalue weighted by atomic mass is 10.2. The molecule has 0 bridgehead atoms. The number of nitrogen functional groups attached to an aromatic ring is 1. The van der Waals surface area contributed by atoms with Gasteiger partial charge in [-0.15, -0.1) is 0 Å². The summed E-state index contributed by atoms with van der Waals surface area (Å²) in [4.78, 5) is -0.113. The first-order valence-corrected chi connectivity index (χ1v) is 8.04. The van der Waals surface area contributed by atoms with Gasteiger partial charge < -0.3 is 11.1 Å². The largest absolute Gasteiger partial charge is 0.399 e. The molecule has 0 aromatic heterocycles. The first-order valence-electron chi connectivity index (χ1n) is 5.42. The topological polar surface area (TPSA) is 98.2 Å². The minimum Gasteiger partial charge on any atom is -0.399 e. The molecule has 0 aliphatic rings. The second-order valence-corrected chi connectivity index (χ2v) is 6.74. The summed E-state index contributed by atoms with van der Waals surface area (Å²) in [6.45, 7) is 0. The molecule has 0 amide bonds. The van der Waals surface area contributed by atoms with Gasteiger partial charge in [-0.2, -0.15) is 0 Å². The summed E-state index contributed by atoms with van der Waals surface area (Å²) in [5.74, 6) is -0.371. The molecule has 0 atom stereocenters. The highest BCUT2D eigenvalue weighted by Crippen LogP contribution is 2.28. The number of rotatable bonds is 3. The standard InChI is InChI=1S/C12H11FIN3O2S/c13-7-1-3-10(9(14)5-7)17-11-4-2-8(15)6-12(11)20(16,18)19/h1-6,17H,15H2,(H2,16,18,19). The summed E-state index contributed by atoms with van der Waals surface area (Å²) in [5.41, 5.74) is 6.71. The van der Waals surface area contributed by atoms with E-state index in [9.17, 15) is 12.8 Å². The fourth-order valence-corrected chi connectivity index (χ4v) is 2.95. The predicted molar refractivity (Wildman–Crippen MR) is 84.6 cm³/mol. The van der Waals surface area contributed by atoms with Crippen LogP contribution in [0.15, 0.2) is 41.3 Å². The number of hydrogen-bond donors (Lipinski definition) is 3. The molecule has 0 unspecified atom stereocenters. The van der Waals surface area contributed by atoms with Crippen molar-refractivity contribution in [1.29, 1.82) is 0 Å². The Labute approximate surface area is 129 Å². The molecule has 8 heteroatoms. The molecule has 2 rings (SSSR count). The predicted octanol–water partition coefficient (Wildman–Crippen LogP) is 2.40. The second-order valence-electron chi connectivity index (χ2n) is 4.05. The summed E-state index contributed by atoms with van der Waals surface area (Å²) in [5, 5.41) is 8.07. The molecule has 2 aromatic carbocycles. The van der Waals surface area contributed by atoms with Crippen molar-refractivity contribution >= 4 is 49.7 Å². The summed E-state index contributed by atoms with van der Waals surface area (Å²) in [6.07, 6.45) is 0. The Morgan fingerprint density at radius 1 is 1.10 bits per heavy atom. The highest BCUT2D eigenvalue weighted by atomic mass is 127. The highest BCUT2D eigenvalue weighted by Gasteiger charge is 2.15. The molecule has 20 heavy (non-hydrogen) atoms. The van der Waals surface area contributed by atoms with E-state index >= 15 is 0 Å². The van der Waals surface area contributed by atoms with E-state index in [1.807, 2.05) is 22.6 Å². The zero-order valence-corrected chi connectivity index (χ0v) is 13.1. The SMILES string of the molecule is Nc1ccc(Nc2ccc(F)cc2I)c(S(N)(=O)=O)c1. The number of halogens is 2. The Kier molecular flexibility index (Phi) is 4.16. The van der Waals surface area contributed by atoms with Crippen LogP contribution in [0.2, 0.25) is 0 Å². The van der Waals surface area contributed by atoms with E-state index in [0.717, 1.165) is 0 Å². The van der Waals surface area contributed by atoms with Crippen LogP contribution in [0.25, 0.3) is 0 Å². The average Bonchev–Trinajstić information content (AvgIpc) is 2.33. The van der Waals surface area contributed by atoms with Crippen LogP contribution in [0.3, 0.4) is 0 Å². The van der Waals surface area contributed by atoms with Crippen molar-refractivity contribution in [3.05, 3.63) is 45.8 Å². The van der Waals surface area contributed by atoms with Gasteiger partial charge >= 0.3 is 0 Å². The molecule has 0 spiro atoms. The number of anilines is 3. The van der Waals surface area contributed by atoms with Crippen molar-refractivity contribution in [1.82, 2.24) is 0 Å². The molecule has 0 fully saturated rings. The van der Waals surface area contributed by atoms with Crippen molar-refractivity contribution in [3.63, 3.8) is 0 Å². The Bertz CT molecular complexity index is 765. The van der Waals surface area contributed by atoms with Gasteiger partial charge in [-0.25, -0.2) is 17.9 Å². The van der Waals surface area contributed by atoms with E-state index in [1.54, 1.807) is 6.07 Å². The van der Waals surface area contributed by atoms with Gasteiger partial charge in [0.15, 0.2) is 0 Å². The molecular weight excluding hydrogens is 396 g/mol. The molecule has 0 aliphatic carbocycles. The molecule has 106 valence electrons. The lowest BCUT2D eigenvalue weighted by Gasteiger charge is -2.12. The first kappa shape index (κ1) is 15.0. The van der Waals surface area contributed by atoms with Crippen molar-refractivity contribution in [3.8, 4) is 0 Å². The zero-order chi connectivity index (χ0) is 14.9. The fourth-order valence-electron chi connectivity index (χ4n) is 1.61. The van der Waals surface area contributed by atoms with Gasteiger partial charge in [0.05, 0.1) is 11.4 Å². The molecule has 0 heterocycles. The average molecular weight is 407 g/mol. The number of nitrogens with two attached hydrogens (primary N) is 2. The molecule has 0 aliphatic heterocycles. The monoisotopic (exact) mass is 407 g/mol. The molecule has 0 radical (unpaired) electrons. The molecule has 0 saturated heterocycles. The van der Waals surface area contributed by atoms with Gasteiger partial charge in [0.2, 0.25) is 10.0 Å². The molecule has 0 saturated carbocycles. The summed E-state index contributed by atoms with van der Waals surface area (Å²) < 4.78 is 36.8. The van der Waals surface area contributed by atoms with Crippen LogP contribution in [0, 0.1) is 9.39 Å². The van der Waals surface area contributed by atoms with E-state index in [-0.39, 0.29) is 22.1 Å². The van der Waals surface area contributed by atoms with Crippen molar-refractivity contribution in [2.75, 3.05) is 11.1 Å². The quantitative estimate of drug-likeness (QED) is 0.538. The fraction of sp³-hybridized carbons (Fsp3) is 0. The van der Waals surface area contributed by atoms with Crippen molar-refractivity contribution in [2.24, 2.45) is 5.14 Å². The van der Waals surface area contributed by atoms with Crippen LogP contribution in [-0.4, -0.2) is 8.42 Å². The Morgan fingerprint density at radius 2 is 1.75 bits per heavy atom. The minimum absolute atomic E-state index is 0.113. The van der Waals surface area contributed by atoms with E-state index < -0.39 is 10.0 Å². The first-order chi connectivity index (χ1) is 9.27. The van der Waals surface area contributed by atoms with Crippen LogP contribution >= 0.6 is 22.6 Å². The number of benzene rings is 2. The second kappa shape index (κ2) is 5.54.